The Morgan fingerprint density at radius 1 is 1.09 bits per heavy atom. The summed E-state index contributed by atoms with van der Waals surface area (Å²) in [5, 5.41) is 14.6. The van der Waals surface area contributed by atoms with Crippen molar-refractivity contribution < 1.29 is 4.79 Å². The number of piperidine rings is 1. The number of anilines is 1. The van der Waals surface area contributed by atoms with Gasteiger partial charge in [0.2, 0.25) is 0 Å². The number of fused-ring (bicyclic) bond motifs is 1. The molecule has 1 amide bonds. The van der Waals surface area contributed by atoms with E-state index in [0.717, 1.165) is 48.8 Å². The van der Waals surface area contributed by atoms with Crippen LogP contribution in [0.2, 0.25) is 0 Å². The minimum Gasteiger partial charge on any atom is -0.360 e. The highest BCUT2D eigenvalue weighted by Crippen LogP contribution is 2.23. The van der Waals surface area contributed by atoms with Crippen LogP contribution in [0, 0.1) is 11.3 Å². The standard InChI is InChI=1S/C19H19N3O/c20-13-16(19(23)22-11-4-1-5-12-22)14-21-18-10-6-8-15-7-2-3-9-17(15)18/h2-3,6-10,14,21H,1,4-5,11-12H2/b16-14-. The van der Waals surface area contributed by atoms with Crippen LogP contribution in [0.5, 0.6) is 0 Å². The molecule has 116 valence electrons. The SMILES string of the molecule is N#C/C(=C/Nc1cccc2ccccc12)C(=O)N1CCCCC1. The van der Waals surface area contributed by atoms with Gasteiger partial charge in [-0.15, -0.1) is 0 Å². The highest BCUT2D eigenvalue weighted by atomic mass is 16.2. The van der Waals surface area contributed by atoms with Crippen LogP contribution in [0.25, 0.3) is 10.8 Å². The smallest absolute Gasteiger partial charge is 0.266 e. The van der Waals surface area contributed by atoms with E-state index in [4.69, 9.17) is 0 Å². The van der Waals surface area contributed by atoms with Crippen LogP contribution in [-0.2, 0) is 4.79 Å². The number of hydrogen-bond acceptors (Lipinski definition) is 3. The molecular formula is C19H19N3O. The van der Waals surface area contributed by atoms with E-state index in [2.05, 4.69) is 5.32 Å². The number of rotatable bonds is 3. The molecule has 1 N–H and O–H groups in total. The van der Waals surface area contributed by atoms with E-state index < -0.39 is 0 Å². The lowest BCUT2D eigenvalue weighted by Gasteiger charge is -2.26. The minimum absolute atomic E-state index is 0.153. The molecule has 4 heteroatoms. The zero-order valence-corrected chi connectivity index (χ0v) is 13.0. The van der Waals surface area contributed by atoms with Gasteiger partial charge in [0.1, 0.15) is 11.6 Å². The van der Waals surface area contributed by atoms with Gasteiger partial charge in [-0.05, 0) is 30.7 Å². The zero-order valence-electron chi connectivity index (χ0n) is 13.0. The second kappa shape index (κ2) is 6.97. The Bertz CT molecular complexity index is 777. The van der Waals surface area contributed by atoms with Crippen molar-refractivity contribution in [3.05, 3.63) is 54.2 Å². The molecule has 0 aromatic heterocycles. The minimum atomic E-state index is -0.181. The fourth-order valence-electron chi connectivity index (χ4n) is 2.91. The summed E-state index contributed by atoms with van der Waals surface area (Å²) in [5.41, 5.74) is 1.04. The summed E-state index contributed by atoms with van der Waals surface area (Å²) in [6, 6.07) is 16.0. The first kappa shape index (κ1) is 15.1. The number of nitrogens with zero attached hydrogens (tertiary/aromatic N) is 2. The molecule has 1 saturated heterocycles. The second-order valence-corrected chi connectivity index (χ2v) is 5.69. The summed E-state index contributed by atoms with van der Waals surface area (Å²) >= 11 is 0. The zero-order chi connectivity index (χ0) is 16.1. The lowest BCUT2D eigenvalue weighted by molar-refractivity contribution is -0.127. The summed E-state index contributed by atoms with van der Waals surface area (Å²) in [5.74, 6) is -0.181. The lowest BCUT2D eigenvalue weighted by atomic mass is 10.1. The first-order valence-corrected chi connectivity index (χ1v) is 7.93. The molecule has 0 unspecified atom stereocenters. The fourth-order valence-corrected chi connectivity index (χ4v) is 2.91. The number of carbonyl (C=O) groups is 1. The summed E-state index contributed by atoms with van der Waals surface area (Å²) in [6.07, 6.45) is 4.71. The van der Waals surface area contributed by atoms with Crippen molar-refractivity contribution in [1.29, 1.82) is 5.26 Å². The maximum Gasteiger partial charge on any atom is 0.266 e. The van der Waals surface area contributed by atoms with Gasteiger partial charge < -0.3 is 10.2 Å². The highest BCUT2D eigenvalue weighted by Gasteiger charge is 2.20. The third-order valence-corrected chi connectivity index (χ3v) is 4.16. The van der Waals surface area contributed by atoms with Gasteiger partial charge in [0.15, 0.2) is 0 Å². The second-order valence-electron chi connectivity index (χ2n) is 5.69. The van der Waals surface area contributed by atoms with Crippen LogP contribution in [0.3, 0.4) is 0 Å². The number of carbonyl (C=O) groups excluding carboxylic acids is 1. The molecule has 2 aromatic rings. The van der Waals surface area contributed by atoms with Crippen molar-refractivity contribution in [3.8, 4) is 6.07 Å². The Morgan fingerprint density at radius 3 is 2.61 bits per heavy atom. The van der Waals surface area contributed by atoms with Crippen LogP contribution in [-0.4, -0.2) is 23.9 Å². The average molecular weight is 305 g/mol. The van der Waals surface area contributed by atoms with E-state index in [1.807, 2.05) is 48.5 Å². The van der Waals surface area contributed by atoms with Gasteiger partial charge in [-0.1, -0.05) is 36.4 Å². The van der Waals surface area contributed by atoms with Gasteiger partial charge in [-0.25, -0.2) is 0 Å². The molecule has 0 aliphatic carbocycles. The number of nitriles is 1. The van der Waals surface area contributed by atoms with Crippen molar-refractivity contribution in [2.24, 2.45) is 0 Å². The van der Waals surface area contributed by atoms with E-state index in [-0.39, 0.29) is 11.5 Å². The summed E-state index contributed by atoms with van der Waals surface area (Å²) in [4.78, 5) is 14.2. The predicted molar refractivity (Wildman–Crippen MR) is 91.7 cm³/mol. The van der Waals surface area contributed by atoms with E-state index in [1.165, 1.54) is 6.20 Å². The lowest BCUT2D eigenvalue weighted by Crippen LogP contribution is -2.36. The molecule has 1 aliphatic rings. The largest absolute Gasteiger partial charge is 0.360 e. The van der Waals surface area contributed by atoms with Gasteiger partial charge in [-0.3, -0.25) is 4.79 Å². The Balaban J connectivity index is 1.81. The number of nitrogens with one attached hydrogen (secondary N) is 1. The highest BCUT2D eigenvalue weighted by molar-refractivity contribution is 5.99. The van der Waals surface area contributed by atoms with E-state index in [1.54, 1.807) is 4.90 Å². The van der Waals surface area contributed by atoms with Gasteiger partial charge >= 0.3 is 0 Å². The van der Waals surface area contributed by atoms with Gasteiger partial charge in [0.25, 0.3) is 5.91 Å². The van der Waals surface area contributed by atoms with Crippen molar-refractivity contribution in [3.63, 3.8) is 0 Å². The van der Waals surface area contributed by atoms with Crippen molar-refractivity contribution in [2.75, 3.05) is 18.4 Å². The number of likely N-dealkylation sites (tertiary alicyclic amines) is 1. The van der Waals surface area contributed by atoms with Gasteiger partial charge in [-0.2, -0.15) is 5.26 Å². The number of hydrogen-bond donors (Lipinski definition) is 1. The van der Waals surface area contributed by atoms with Crippen molar-refractivity contribution in [1.82, 2.24) is 4.90 Å². The monoisotopic (exact) mass is 305 g/mol. The molecule has 3 rings (SSSR count). The van der Waals surface area contributed by atoms with E-state index in [0.29, 0.717) is 0 Å². The van der Waals surface area contributed by atoms with E-state index >= 15 is 0 Å². The van der Waals surface area contributed by atoms with Crippen LogP contribution in [0.15, 0.2) is 54.2 Å². The summed E-state index contributed by atoms with van der Waals surface area (Å²) in [7, 11) is 0. The van der Waals surface area contributed by atoms with Crippen LogP contribution < -0.4 is 5.32 Å². The molecule has 4 nitrogen and oxygen atoms in total. The topological polar surface area (TPSA) is 56.1 Å². The first-order chi connectivity index (χ1) is 11.3. The normalized spacial score (nSPS) is 15.3. The summed E-state index contributed by atoms with van der Waals surface area (Å²) < 4.78 is 0. The molecule has 0 radical (unpaired) electrons. The Morgan fingerprint density at radius 2 is 1.83 bits per heavy atom. The number of benzene rings is 2. The molecule has 23 heavy (non-hydrogen) atoms. The molecule has 0 saturated carbocycles. The molecule has 0 atom stereocenters. The third-order valence-electron chi connectivity index (χ3n) is 4.16. The Hall–Kier alpha value is -2.80. The van der Waals surface area contributed by atoms with E-state index in [9.17, 15) is 10.1 Å². The van der Waals surface area contributed by atoms with Crippen LogP contribution in [0.4, 0.5) is 5.69 Å². The Kier molecular flexibility index (Phi) is 4.58. The third kappa shape index (κ3) is 3.35. The molecule has 2 aromatic carbocycles. The molecule has 1 fully saturated rings. The fraction of sp³-hybridized carbons (Fsp3) is 0.263. The van der Waals surface area contributed by atoms with Crippen molar-refractivity contribution in [2.45, 2.75) is 19.3 Å². The predicted octanol–water partition coefficient (Wildman–Crippen LogP) is 3.67. The van der Waals surface area contributed by atoms with Gasteiger partial charge in [0.05, 0.1) is 0 Å². The van der Waals surface area contributed by atoms with Crippen LogP contribution >= 0.6 is 0 Å². The van der Waals surface area contributed by atoms with Crippen molar-refractivity contribution >= 4 is 22.4 Å². The quantitative estimate of drug-likeness (QED) is 0.695. The number of amides is 1. The maximum absolute atomic E-state index is 12.4. The molecule has 1 aliphatic heterocycles. The molecule has 1 heterocycles. The van der Waals surface area contributed by atoms with Gasteiger partial charge in [0, 0.05) is 30.4 Å². The molecule has 0 bridgehead atoms. The maximum atomic E-state index is 12.4. The molecule has 0 spiro atoms. The summed E-state index contributed by atoms with van der Waals surface area (Å²) in [6.45, 7) is 1.48. The average Bonchev–Trinajstić information content (AvgIpc) is 2.63. The molecular weight excluding hydrogens is 286 g/mol. The van der Waals surface area contributed by atoms with Crippen LogP contribution in [0.1, 0.15) is 19.3 Å². The Labute approximate surface area is 136 Å². The first-order valence-electron chi connectivity index (χ1n) is 7.93.